The third kappa shape index (κ3) is 4.54. The maximum atomic E-state index is 12.3. The van der Waals surface area contributed by atoms with Gasteiger partial charge in [-0.15, -0.1) is 0 Å². The second-order valence-corrected chi connectivity index (χ2v) is 5.76. The summed E-state index contributed by atoms with van der Waals surface area (Å²) >= 11 is 5.92. The SMILES string of the molecule is O=C(O)[C@@H]1CC[C@H](C(=O)Nc2cccc(Cl)c2OCC(F)F)C1. The van der Waals surface area contributed by atoms with E-state index in [1.807, 2.05) is 0 Å². The van der Waals surface area contributed by atoms with Crippen molar-refractivity contribution < 1.29 is 28.2 Å². The maximum absolute atomic E-state index is 12.3. The number of ether oxygens (including phenoxy) is 1. The fraction of sp³-hybridized carbons (Fsp3) is 0.467. The lowest BCUT2D eigenvalue weighted by atomic mass is 10.0. The van der Waals surface area contributed by atoms with E-state index < -0.39 is 30.8 Å². The Kier molecular flexibility index (Phi) is 5.76. The summed E-state index contributed by atoms with van der Waals surface area (Å²) in [6, 6.07) is 4.52. The number of amides is 1. The molecule has 1 aromatic rings. The van der Waals surface area contributed by atoms with Crippen LogP contribution in [-0.4, -0.2) is 30.0 Å². The van der Waals surface area contributed by atoms with Gasteiger partial charge >= 0.3 is 5.97 Å². The lowest BCUT2D eigenvalue weighted by Gasteiger charge is -2.16. The minimum Gasteiger partial charge on any atom is -0.484 e. The standard InChI is InChI=1S/C15H16ClF2NO4/c16-10-2-1-3-11(13(10)23-7-12(17)18)19-14(20)8-4-5-9(6-8)15(21)22/h1-3,8-9,12H,4-7H2,(H,19,20)(H,21,22)/t8-,9+/m0/s1. The fourth-order valence-electron chi connectivity index (χ4n) is 2.58. The van der Waals surface area contributed by atoms with Crippen LogP contribution >= 0.6 is 11.6 Å². The number of hydrogen-bond donors (Lipinski definition) is 2. The van der Waals surface area contributed by atoms with E-state index in [0.717, 1.165) is 0 Å². The molecular weight excluding hydrogens is 332 g/mol. The zero-order chi connectivity index (χ0) is 17.0. The zero-order valence-electron chi connectivity index (χ0n) is 12.1. The molecule has 0 spiro atoms. The second-order valence-electron chi connectivity index (χ2n) is 5.35. The zero-order valence-corrected chi connectivity index (χ0v) is 12.9. The summed E-state index contributed by atoms with van der Waals surface area (Å²) in [7, 11) is 0. The van der Waals surface area contributed by atoms with E-state index in [2.05, 4.69) is 5.32 Å². The number of anilines is 1. The number of para-hydroxylation sites is 1. The van der Waals surface area contributed by atoms with Gasteiger partial charge in [0.05, 0.1) is 16.6 Å². The Hall–Kier alpha value is -1.89. The highest BCUT2D eigenvalue weighted by Gasteiger charge is 2.34. The minimum absolute atomic E-state index is 0.0180. The van der Waals surface area contributed by atoms with E-state index in [0.29, 0.717) is 12.8 Å². The minimum atomic E-state index is -2.67. The maximum Gasteiger partial charge on any atom is 0.306 e. The van der Waals surface area contributed by atoms with Gasteiger partial charge in [0.15, 0.2) is 5.75 Å². The number of nitrogens with one attached hydrogen (secondary N) is 1. The molecule has 5 nitrogen and oxygen atoms in total. The van der Waals surface area contributed by atoms with E-state index >= 15 is 0 Å². The fourth-order valence-corrected chi connectivity index (χ4v) is 2.81. The van der Waals surface area contributed by atoms with E-state index in [9.17, 15) is 18.4 Å². The van der Waals surface area contributed by atoms with Crippen molar-refractivity contribution in [2.24, 2.45) is 11.8 Å². The molecule has 0 aromatic heterocycles. The number of carboxylic acids is 1. The van der Waals surface area contributed by atoms with Crippen molar-refractivity contribution in [2.45, 2.75) is 25.7 Å². The van der Waals surface area contributed by atoms with Crippen LogP contribution in [-0.2, 0) is 9.59 Å². The molecule has 126 valence electrons. The lowest BCUT2D eigenvalue weighted by Crippen LogP contribution is -2.22. The number of hydrogen-bond acceptors (Lipinski definition) is 3. The summed E-state index contributed by atoms with van der Waals surface area (Å²) in [6.07, 6.45) is -1.50. The van der Waals surface area contributed by atoms with Gasteiger partial charge in [0.2, 0.25) is 5.91 Å². The molecular formula is C15H16ClF2NO4. The van der Waals surface area contributed by atoms with Crippen LogP contribution in [0.15, 0.2) is 18.2 Å². The molecule has 0 aliphatic heterocycles. The molecule has 1 aromatic carbocycles. The van der Waals surface area contributed by atoms with Gasteiger partial charge in [0.1, 0.15) is 6.61 Å². The Morgan fingerprint density at radius 2 is 2.04 bits per heavy atom. The molecule has 0 radical (unpaired) electrons. The Morgan fingerprint density at radius 3 is 2.65 bits per heavy atom. The number of alkyl halides is 2. The van der Waals surface area contributed by atoms with Gasteiger partial charge < -0.3 is 15.2 Å². The highest BCUT2D eigenvalue weighted by molar-refractivity contribution is 6.32. The van der Waals surface area contributed by atoms with Crippen molar-refractivity contribution in [3.8, 4) is 5.75 Å². The molecule has 1 aliphatic carbocycles. The monoisotopic (exact) mass is 347 g/mol. The molecule has 8 heteroatoms. The molecule has 0 unspecified atom stereocenters. The third-order valence-corrected chi connectivity index (χ3v) is 4.03. The topological polar surface area (TPSA) is 75.6 Å². The Bertz CT molecular complexity index is 597. The van der Waals surface area contributed by atoms with E-state index in [-0.39, 0.29) is 28.8 Å². The highest BCUT2D eigenvalue weighted by atomic mass is 35.5. The van der Waals surface area contributed by atoms with Crippen LogP contribution in [0.1, 0.15) is 19.3 Å². The van der Waals surface area contributed by atoms with Crippen molar-refractivity contribution in [1.82, 2.24) is 0 Å². The molecule has 1 fully saturated rings. The largest absolute Gasteiger partial charge is 0.484 e. The predicted octanol–water partition coefficient (Wildman–Crippen LogP) is 3.42. The summed E-state index contributed by atoms with van der Waals surface area (Å²) in [4.78, 5) is 23.2. The first-order valence-corrected chi connectivity index (χ1v) is 7.49. The van der Waals surface area contributed by atoms with Gasteiger partial charge in [-0.05, 0) is 31.4 Å². The molecule has 1 aliphatic rings. The van der Waals surface area contributed by atoms with Gasteiger partial charge in [0, 0.05) is 5.92 Å². The van der Waals surface area contributed by atoms with Gasteiger partial charge in [-0.3, -0.25) is 9.59 Å². The molecule has 2 N–H and O–H groups in total. The summed E-state index contributed by atoms with van der Waals surface area (Å²) in [5.41, 5.74) is 0.196. The number of benzene rings is 1. The van der Waals surface area contributed by atoms with Gasteiger partial charge in [-0.1, -0.05) is 17.7 Å². The van der Waals surface area contributed by atoms with Crippen LogP contribution in [0.3, 0.4) is 0 Å². The van der Waals surface area contributed by atoms with E-state index in [1.54, 1.807) is 6.07 Å². The molecule has 23 heavy (non-hydrogen) atoms. The van der Waals surface area contributed by atoms with Crippen LogP contribution in [0.4, 0.5) is 14.5 Å². The molecule has 1 saturated carbocycles. The third-order valence-electron chi connectivity index (χ3n) is 3.73. The van der Waals surface area contributed by atoms with Crippen LogP contribution in [0.5, 0.6) is 5.75 Å². The average Bonchev–Trinajstić information content (AvgIpc) is 2.96. The first-order valence-electron chi connectivity index (χ1n) is 7.11. The summed E-state index contributed by atoms with van der Waals surface area (Å²) in [5.74, 6) is -2.25. The Morgan fingerprint density at radius 1 is 1.35 bits per heavy atom. The summed E-state index contributed by atoms with van der Waals surface area (Å²) in [5, 5.41) is 11.7. The van der Waals surface area contributed by atoms with Crippen molar-refractivity contribution in [1.29, 1.82) is 0 Å². The molecule has 0 saturated heterocycles. The summed E-state index contributed by atoms with van der Waals surface area (Å²) < 4.78 is 29.6. The Balaban J connectivity index is 2.06. The Labute approximate surface area is 136 Å². The lowest BCUT2D eigenvalue weighted by molar-refractivity contribution is -0.141. The normalized spacial score (nSPS) is 20.5. The molecule has 2 atom stereocenters. The number of aliphatic carboxylic acids is 1. The van der Waals surface area contributed by atoms with Crippen LogP contribution in [0.25, 0.3) is 0 Å². The van der Waals surface area contributed by atoms with Crippen molar-refractivity contribution in [2.75, 3.05) is 11.9 Å². The number of carboxylic acid groups (broad SMARTS) is 1. The number of halogens is 3. The molecule has 2 rings (SSSR count). The average molecular weight is 348 g/mol. The smallest absolute Gasteiger partial charge is 0.306 e. The quantitative estimate of drug-likeness (QED) is 0.826. The van der Waals surface area contributed by atoms with E-state index in [1.165, 1.54) is 12.1 Å². The molecule has 0 bridgehead atoms. The second kappa shape index (κ2) is 7.59. The first kappa shape index (κ1) is 17.5. The number of rotatable bonds is 6. The number of carbonyl (C=O) groups excluding carboxylic acids is 1. The van der Waals surface area contributed by atoms with Gasteiger partial charge in [-0.2, -0.15) is 0 Å². The van der Waals surface area contributed by atoms with Crippen molar-refractivity contribution in [3.63, 3.8) is 0 Å². The molecule has 0 heterocycles. The van der Waals surface area contributed by atoms with Crippen molar-refractivity contribution in [3.05, 3.63) is 23.2 Å². The summed E-state index contributed by atoms with van der Waals surface area (Å²) in [6.45, 7) is -0.836. The highest BCUT2D eigenvalue weighted by Crippen LogP contribution is 2.36. The van der Waals surface area contributed by atoms with Crippen LogP contribution in [0, 0.1) is 11.8 Å². The van der Waals surface area contributed by atoms with Crippen LogP contribution < -0.4 is 10.1 Å². The first-order chi connectivity index (χ1) is 10.9. The predicted molar refractivity (Wildman–Crippen MR) is 80.0 cm³/mol. The number of carbonyl (C=O) groups is 2. The van der Waals surface area contributed by atoms with Crippen LogP contribution in [0.2, 0.25) is 5.02 Å². The van der Waals surface area contributed by atoms with E-state index in [4.69, 9.17) is 21.4 Å². The van der Waals surface area contributed by atoms with Crippen molar-refractivity contribution >= 4 is 29.2 Å². The van der Waals surface area contributed by atoms with Gasteiger partial charge in [-0.25, -0.2) is 8.78 Å². The van der Waals surface area contributed by atoms with Gasteiger partial charge in [0.25, 0.3) is 6.43 Å². The molecule has 1 amide bonds.